The summed E-state index contributed by atoms with van der Waals surface area (Å²) in [6.07, 6.45) is 6.93. The summed E-state index contributed by atoms with van der Waals surface area (Å²) in [5.41, 5.74) is 3.52. The van der Waals surface area contributed by atoms with Gasteiger partial charge < -0.3 is 10.0 Å². The van der Waals surface area contributed by atoms with Crippen molar-refractivity contribution in [3.63, 3.8) is 0 Å². The van der Waals surface area contributed by atoms with Crippen LogP contribution in [0, 0.1) is 5.82 Å². The SMILES string of the molecule is O=C(c1cccc(F)c1)N1CCCCN2[C@H](CO)[C@@H](c3ccc(-c4cncnc4)cc3)[C@H]2C1. The van der Waals surface area contributed by atoms with Crippen molar-refractivity contribution in [2.45, 2.75) is 30.8 Å². The first kappa shape index (κ1) is 21.7. The highest BCUT2D eigenvalue weighted by Crippen LogP contribution is 2.42. The van der Waals surface area contributed by atoms with Crippen molar-refractivity contribution in [3.05, 3.63) is 84.2 Å². The number of aromatic nitrogens is 2. The first-order chi connectivity index (χ1) is 16.2. The van der Waals surface area contributed by atoms with E-state index in [1.54, 1.807) is 24.5 Å². The Balaban J connectivity index is 1.39. The molecular weight excluding hydrogens is 419 g/mol. The van der Waals surface area contributed by atoms with Crippen LogP contribution in [0.25, 0.3) is 11.1 Å². The van der Waals surface area contributed by atoms with Gasteiger partial charge in [0.25, 0.3) is 5.91 Å². The van der Waals surface area contributed by atoms with E-state index >= 15 is 0 Å². The van der Waals surface area contributed by atoms with E-state index in [1.165, 1.54) is 18.5 Å². The van der Waals surface area contributed by atoms with Crippen molar-refractivity contribution in [3.8, 4) is 11.1 Å². The second-order valence-corrected chi connectivity index (χ2v) is 8.80. The van der Waals surface area contributed by atoms with Crippen LogP contribution in [0.5, 0.6) is 0 Å². The highest BCUT2D eigenvalue weighted by atomic mass is 19.1. The van der Waals surface area contributed by atoms with E-state index in [2.05, 4.69) is 39.1 Å². The number of aliphatic hydroxyl groups excluding tert-OH is 1. The Morgan fingerprint density at radius 2 is 1.79 bits per heavy atom. The highest BCUT2D eigenvalue weighted by Gasteiger charge is 2.49. The van der Waals surface area contributed by atoms with E-state index in [0.717, 1.165) is 36.1 Å². The number of carbonyl (C=O) groups is 1. The third kappa shape index (κ3) is 4.26. The maximum Gasteiger partial charge on any atom is 0.254 e. The number of carbonyl (C=O) groups excluding carboxylic acids is 1. The van der Waals surface area contributed by atoms with Crippen molar-refractivity contribution in [2.75, 3.05) is 26.2 Å². The maximum absolute atomic E-state index is 13.7. The normalized spacial score (nSPS) is 23.2. The second kappa shape index (κ2) is 9.37. The minimum atomic E-state index is -0.403. The van der Waals surface area contributed by atoms with Gasteiger partial charge in [0.2, 0.25) is 0 Å². The van der Waals surface area contributed by atoms with E-state index in [0.29, 0.717) is 18.7 Å². The van der Waals surface area contributed by atoms with E-state index in [9.17, 15) is 14.3 Å². The lowest BCUT2D eigenvalue weighted by Gasteiger charge is -2.57. The van der Waals surface area contributed by atoms with Gasteiger partial charge in [-0.2, -0.15) is 0 Å². The number of aliphatic hydroxyl groups is 1. The molecule has 1 N–H and O–H groups in total. The van der Waals surface area contributed by atoms with Crippen LogP contribution in [0.15, 0.2) is 67.3 Å². The predicted octanol–water partition coefficient (Wildman–Crippen LogP) is 3.35. The van der Waals surface area contributed by atoms with Crippen LogP contribution >= 0.6 is 0 Å². The summed E-state index contributed by atoms with van der Waals surface area (Å²) in [5, 5.41) is 10.2. The average Bonchev–Trinajstić information content (AvgIpc) is 2.83. The Morgan fingerprint density at radius 3 is 2.52 bits per heavy atom. The summed E-state index contributed by atoms with van der Waals surface area (Å²) in [5.74, 6) is -0.417. The maximum atomic E-state index is 13.7. The Bertz CT molecular complexity index is 1110. The Hall–Kier alpha value is -3.16. The molecule has 0 unspecified atom stereocenters. The Kier molecular flexibility index (Phi) is 6.15. The van der Waals surface area contributed by atoms with Gasteiger partial charge in [0.1, 0.15) is 12.1 Å². The van der Waals surface area contributed by atoms with Crippen molar-refractivity contribution in [2.24, 2.45) is 0 Å². The van der Waals surface area contributed by atoms with Crippen molar-refractivity contribution >= 4 is 5.91 Å². The van der Waals surface area contributed by atoms with Gasteiger partial charge in [0.15, 0.2) is 0 Å². The number of hydrogen-bond donors (Lipinski definition) is 1. The number of benzene rings is 2. The Labute approximate surface area is 192 Å². The van der Waals surface area contributed by atoms with Crippen molar-refractivity contribution in [1.29, 1.82) is 0 Å². The fourth-order valence-corrected chi connectivity index (χ4v) is 5.27. The molecule has 0 aliphatic carbocycles. The van der Waals surface area contributed by atoms with E-state index in [-0.39, 0.29) is 30.5 Å². The monoisotopic (exact) mass is 446 g/mol. The average molecular weight is 447 g/mol. The van der Waals surface area contributed by atoms with E-state index in [4.69, 9.17) is 0 Å². The van der Waals surface area contributed by atoms with Gasteiger partial charge in [-0.3, -0.25) is 9.69 Å². The molecule has 2 aliphatic heterocycles. The van der Waals surface area contributed by atoms with Gasteiger partial charge >= 0.3 is 0 Å². The molecule has 7 heteroatoms. The van der Waals surface area contributed by atoms with E-state index in [1.807, 2.05) is 4.90 Å². The van der Waals surface area contributed by atoms with Crippen molar-refractivity contribution in [1.82, 2.24) is 19.8 Å². The number of amides is 1. The molecule has 2 aromatic carbocycles. The molecule has 1 aromatic heterocycles. The van der Waals surface area contributed by atoms with Crippen LogP contribution in [-0.4, -0.2) is 69.1 Å². The lowest BCUT2D eigenvalue weighted by Crippen LogP contribution is -2.67. The summed E-state index contributed by atoms with van der Waals surface area (Å²) in [7, 11) is 0. The molecular formula is C26H27FN4O2. The third-order valence-corrected chi connectivity index (χ3v) is 6.92. The van der Waals surface area contributed by atoms with Gasteiger partial charge in [-0.05, 0) is 48.7 Å². The first-order valence-electron chi connectivity index (χ1n) is 11.4. The van der Waals surface area contributed by atoms with Gasteiger partial charge in [0.05, 0.1) is 6.61 Å². The van der Waals surface area contributed by atoms with Crippen LogP contribution < -0.4 is 0 Å². The van der Waals surface area contributed by atoms with Crippen LogP contribution in [0.3, 0.4) is 0 Å². The molecule has 0 saturated carbocycles. The number of hydrogen-bond acceptors (Lipinski definition) is 5. The molecule has 0 spiro atoms. The van der Waals surface area contributed by atoms with E-state index < -0.39 is 5.82 Å². The molecule has 6 nitrogen and oxygen atoms in total. The fourth-order valence-electron chi connectivity index (χ4n) is 5.27. The number of nitrogens with zero attached hydrogens (tertiary/aromatic N) is 4. The standard InChI is InChI=1S/C26H27FN4O2/c27-22-5-3-4-20(12-22)26(33)30-10-1-2-11-31-23(15-30)25(24(31)16-32)19-8-6-18(7-9-19)21-13-28-17-29-14-21/h3-9,12-14,17,23-25,32H,1-2,10-11,15-16H2/t23-,24-,25+/m1/s1. The quantitative estimate of drug-likeness (QED) is 0.666. The number of halogens is 1. The minimum Gasteiger partial charge on any atom is -0.395 e. The molecule has 0 bridgehead atoms. The zero-order chi connectivity index (χ0) is 22.8. The molecule has 2 aliphatic rings. The smallest absolute Gasteiger partial charge is 0.254 e. The lowest BCUT2D eigenvalue weighted by atomic mass is 9.74. The molecule has 3 aromatic rings. The molecule has 2 fully saturated rings. The van der Waals surface area contributed by atoms with Crippen LogP contribution in [0.2, 0.25) is 0 Å². The zero-order valence-corrected chi connectivity index (χ0v) is 18.3. The number of fused-ring (bicyclic) bond motifs is 1. The molecule has 33 heavy (non-hydrogen) atoms. The second-order valence-electron chi connectivity index (χ2n) is 8.80. The first-order valence-corrected chi connectivity index (χ1v) is 11.4. The minimum absolute atomic E-state index is 0.0325. The van der Waals surface area contributed by atoms with Crippen molar-refractivity contribution < 1.29 is 14.3 Å². The molecule has 2 saturated heterocycles. The summed E-state index contributed by atoms with van der Waals surface area (Å²) >= 11 is 0. The molecule has 0 radical (unpaired) electrons. The molecule has 5 rings (SSSR count). The zero-order valence-electron chi connectivity index (χ0n) is 18.3. The summed E-state index contributed by atoms with van der Waals surface area (Å²) in [6.45, 7) is 2.20. The van der Waals surface area contributed by atoms with Crippen LogP contribution in [-0.2, 0) is 0 Å². The summed E-state index contributed by atoms with van der Waals surface area (Å²) < 4.78 is 13.7. The molecule has 3 atom stereocenters. The topological polar surface area (TPSA) is 69.6 Å². The van der Waals surface area contributed by atoms with Gasteiger partial charge in [0, 0.05) is 54.6 Å². The highest BCUT2D eigenvalue weighted by molar-refractivity contribution is 5.94. The van der Waals surface area contributed by atoms with Crippen LogP contribution in [0.4, 0.5) is 4.39 Å². The van der Waals surface area contributed by atoms with Gasteiger partial charge in [-0.25, -0.2) is 14.4 Å². The predicted molar refractivity (Wildman–Crippen MR) is 123 cm³/mol. The fraction of sp³-hybridized carbons (Fsp3) is 0.346. The molecule has 1 amide bonds. The summed E-state index contributed by atoms with van der Waals surface area (Å²) in [4.78, 5) is 25.5. The van der Waals surface area contributed by atoms with Gasteiger partial charge in [-0.15, -0.1) is 0 Å². The lowest BCUT2D eigenvalue weighted by molar-refractivity contribution is -0.0606. The van der Waals surface area contributed by atoms with Crippen LogP contribution in [0.1, 0.15) is 34.7 Å². The number of rotatable bonds is 4. The Morgan fingerprint density at radius 1 is 1.03 bits per heavy atom. The van der Waals surface area contributed by atoms with Gasteiger partial charge in [-0.1, -0.05) is 30.3 Å². The third-order valence-electron chi connectivity index (χ3n) is 6.92. The largest absolute Gasteiger partial charge is 0.395 e. The summed E-state index contributed by atoms with van der Waals surface area (Å²) in [6, 6.07) is 14.4. The molecule has 3 heterocycles. The molecule has 170 valence electrons.